The first-order chi connectivity index (χ1) is 9.95. The van der Waals surface area contributed by atoms with Crippen LogP contribution in [0.15, 0.2) is 42.5 Å². The molecule has 4 heteroatoms. The summed E-state index contributed by atoms with van der Waals surface area (Å²) in [6, 6.07) is 13.0. The summed E-state index contributed by atoms with van der Waals surface area (Å²) in [5, 5.41) is 3.40. The van der Waals surface area contributed by atoms with E-state index in [2.05, 4.69) is 36.0 Å². The Labute approximate surface area is 123 Å². The zero-order valence-corrected chi connectivity index (χ0v) is 12.4. The first kappa shape index (κ1) is 15.3. The van der Waals surface area contributed by atoms with Gasteiger partial charge in [0.1, 0.15) is 5.75 Å². The van der Waals surface area contributed by atoms with Gasteiger partial charge in [0.25, 0.3) is 0 Å². The lowest BCUT2D eigenvalue weighted by Crippen LogP contribution is -2.07. The summed E-state index contributed by atoms with van der Waals surface area (Å²) in [5.74, 6) is 0.173. The van der Waals surface area contributed by atoms with Gasteiger partial charge in [0, 0.05) is 11.7 Å². The van der Waals surface area contributed by atoms with E-state index in [1.165, 1.54) is 11.1 Å². The van der Waals surface area contributed by atoms with Gasteiger partial charge in [0.2, 0.25) is 0 Å². The van der Waals surface area contributed by atoms with Crippen LogP contribution in [-0.2, 0) is 0 Å². The van der Waals surface area contributed by atoms with Crippen molar-refractivity contribution in [1.29, 1.82) is 0 Å². The maximum atomic E-state index is 12.1. The molecule has 0 saturated carbocycles. The number of ether oxygens (including phenoxy) is 1. The highest BCUT2D eigenvalue weighted by atomic mass is 19.3. The van der Waals surface area contributed by atoms with Crippen LogP contribution in [0.3, 0.4) is 0 Å². The maximum absolute atomic E-state index is 12.1. The molecule has 2 nitrogen and oxygen atoms in total. The molecule has 0 radical (unpaired) electrons. The number of rotatable bonds is 5. The molecule has 2 rings (SSSR count). The fourth-order valence-corrected chi connectivity index (χ4v) is 2.10. The number of benzene rings is 2. The van der Waals surface area contributed by atoms with E-state index in [4.69, 9.17) is 0 Å². The monoisotopic (exact) mass is 291 g/mol. The minimum absolute atomic E-state index is 0.0766. The van der Waals surface area contributed by atoms with Crippen LogP contribution in [-0.4, -0.2) is 6.61 Å². The quantitative estimate of drug-likeness (QED) is 0.829. The number of nitrogens with one attached hydrogen (secondary N) is 1. The maximum Gasteiger partial charge on any atom is 0.387 e. The molecular formula is C17H19F2NO. The molecule has 1 N–H and O–H groups in total. The number of halogens is 2. The third-order valence-electron chi connectivity index (χ3n) is 3.50. The van der Waals surface area contributed by atoms with Crippen LogP contribution in [0.2, 0.25) is 0 Å². The van der Waals surface area contributed by atoms with Crippen LogP contribution in [0, 0.1) is 13.8 Å². The van der Waals surface area contributed by atoms with Crippen LogP contribution in [0.5, 0.6) is 5.75 Å². The van der Waals surface area contributed by atoms with Gasteiger partial charge in [-0.25, -0.2) is 0 Å². The third kappa shape index (κ3) is 4.18. The molecule has 21 heavy (non-hydrogen) atoms. The number of aryl methyl sites for hydroxylation is 2. The van der Waals surface area contributed by atoms with Gasteiger partial charge < -0.3 is 10.1 Å². The zero-order chi connectivity index (χ0) is 15.4. The summed E-state index contributed by atoms with van der Waals surface area (Å²) in [5.41, 5.74) is 4.53. The highest BCUT2D eigenvalue weighted by Crippen LogP contribution is 2.23. The lowest BCUT2D eigenvalue weighted by molar-refractivity contribution is -0.0498. The number of hydrogen-bond acceptors (Lipinski definition) is 2. The van der Waals surface area contributed by atoms with Crippen LogP contribution in [0.1, 0.15) is 29.7 Å². The van der Waals surface area contributed by atoms with Gasteiger partial charge in [0.15, 0.2) is 0 Å². The zero-order valence-electron chi connectivity index (χ0n) is 12.4. The number of hydrogen-bond donors (Lipinski definition) is 1. The summed E-state index contributed by atoms with van der Waals surface area (Å²) in [4.78, 5) is 0. The van der Waals surface area contributed by atoms with Crippen molar-refractivity contribution in [2.75, 3.05) is 5.32 Å². The van der Waals surface area contributed by atoms with Crippen molar-refractivity contribution in [2.24, 2.45) is 0 Å². The fourth-order valence-electron chi connectivity index (χ4n) is 2.10. The molecule has 0 fully saturated rings. The van der Waals surface area contributed by atoms with E-state index >= 15 is 0 Å². The smallest absolute Gasteiger partial charge is 0.387 e. The summed E-state index contributed by atoms with van der Waals surface area (Å²) in [6.07, 6.45) is 0. The van der Waals surface area contributed by atoms with E-state index in [1.807, 2.05) is 13.0 Å². The average Bonchev–Trinajstić information content (AvgIpc) is 2.43. The summed E-state index contributed by atoms with van der Waals surface area (Å²) in [6.45, 7) is 3.38. The molecule has 112 valence electrons. The van der Waals surface area contributed by atoms with Gasteiger partial charge in [-0.15, -0.1) is 0 Å². The molecule has 0 aromatic heterocycles. The Morgan fingerprint density at radius 2 is 1.62 bits per heavy atom. The average molecular weight is 291 g/mol. The van der Waals surface area contributed by atoms with Crippen LogP contribution < -0.4 is 10.1 Å². The van der Waals surface area contributed by atoms with Gasteiger partial charge >= 0.3 is 6.61 Å². The molecule has 0 saturated heterocycles. The van der Waals surface area contributed by atoms with E-state index < -0.39 is 6.61 Å². The molecule has 2 aromatic carbocycles. The van der Waals surface area contributed by atoms with Crippen molar-refractivity contribution in [3.63, 3.8) is 0 Å². The van der Waals surface area contributed by atoms with E-state index in [1.54, 1.807) is 24.3 Å². The molecule has 0 bridgehead atoms. The van der Waals surface area contributed by atoms with Crippen molar-refractivity contribution in [3.8, 4) is 5.75 Å². The summed E-state index contributed by atoms with van der Waals surface area (Å²) >= 11 is 0. The second-order valence-corrected chi connectivity index (χ2v) is 5.11. The van der Waals surface area contributed by atoms with Crippen molar-refractivity contribution in [3.05, 3.63) is 59.2 Å². The standard InChI is InChI=1S/C17H19F2NO/c1-11-4-7-15(10-12(11)2)20-13(3)14-5-8-16(9-6-14)21-17(18)19/h4-10,13,17,20H,1-3H3. The predicted octanol–water partition coefficient (Wildman–Crippen LogP) is 5.08. The van der Waals surface area contributed by atoms with Crippen LogP contribution in [0.4, 0.5) is 14.5 Å². The molecule has 0 heterocycles. The topological polar surface area (TPSA) is 21.3 Å². The van der Waals surface area contributed by atoms with Crippen molar-refractivity contribution in [1.82, 2.24) is 0 Å². The Hall–Kier alpha value is -2.10. The van der Waals surface area contributed by atoms with Gasteiger partial charge in [-0.2, -0.15) is 8.78 Å². The molecule has 0 aliphatic carbocycles. The first-order valence-electron chi connectivity index (χ1n) is 6.84. The molecule has 1 unspecified atom stereocenters. The van der Waals surface area contributed by atoms with Gasteiger partial charge in [-0.3, -0.25) is 0 Å². The molecular weight excluding hydrogens is 272 g/mol. The first-order valence-corrected chi connectivity index (χ1v) is 6.84. The highest BCUT2D eigenvalue weighted by molar-refractivity contribution is 5.49. The van der Waals surface area contributed by atoms with Crippen molar-refractivity contribution in [2.45, 2.75) is 33.4 Å². The number of alkyl halides is 2. The SMILES string of the molecule is Cc1ccc(NC(C)c2ccc(OC(F)F)cc2)cc1C. The van der Waals surface area contributed by atoms with Crippen molar-refractivity contribution < 1.29 is 13.5 Å². The second kappa shape index (κ2) is 6.57. The van der Waals surface area contributed by atoms with Gasteiger partial charge in [0.05, 0.1) is 0 Å². The lowest BCUT2D eigenvalue weighted by Gasteiger charge is -2.17. The minimum Gasteiger partial charge on any atom is -0.435 e. The Morgan fingerprint density at radius 3 is 2.19 bits per heavy atom. The van der Waals surface area contributed by atoms with E-state index in [0.29, 0.717) is 0 Å². The molecule has 2 aromatic rings. The molecule has 0 amide bonds. The Balaban J connectivity index is 2.05. The Kier molecular flexibility index (Phi) is 4.78. The van der Waals surface area contributed by atoms with E-state index in [0.717, 1.165) is 11.3 Å². The third-order valence-corrected chi connectivity index (χ3v) is 3.50. The van der Waals surface area contributed by atoms with Crippen LogP contribution in [0.25, 0.3) is 0 Å². The molecule has 0 spiro atoms. The second-order valence-electron chi connectivity index (χ2n) is 5.11. The van der Waals surface area contributed by atoms with Gasteiger partial charge in [-0.05, 0) is 61.7 Å². The summed E-state index contributed by atoms with van der Waals surface area (Å²) in [7, 11) is 0. The van der Waals surface area contributed by atoms with E-state index in [9.17, 15) is 8.78 Å². The Morgan fingerprint density at radius 1 is 0.952 bits per heavy atom. The molecule has 1 atom stereocenters. The fraction of sp³-hybridized carbons (Fsp3) is 0.294. The molecule has 0 aliphatic heterocycles. The largest absolute Gasteiger partial charge is 0.435 e. The summed E-state index contributed by atoms with van der Waals surface area (Å²) < 4.78 is 28.5. The predicted molar refractivity (Wildman–Crippen MR) is 81.0 cm³/mol. The normalized spacial score (nSPS) is 12.3. The lowest BCUT2D eigenvalue weighted by atomic mass is 10.1. The van der Waals surface area contributed by atoms with Crippen LogP contribution >= 0.6 is 0 Å². The molecule has 0 aliphatic rings. The van der Waals surface area contributed by atoms with Gasteiger partial charge in [-0.1, -0.05) is 18.2 Å². The Bertz CT molecular complexity index is 596. The highest BCUT2D eigenvalue weighted by Gasteiger charge is 2.08. The number of anilines is 1. The van der Waals surface area contributed by atoms with E-state index in [-0.39, 0.29) is 11.8 Å². The van der Waals surface area contributed by atoms with Crippen molar-refractivity contribution >= 4 is 5.69 Å². The minimum atomic E-state index is -2.79.